The Balaban J connectivity index is 1.88. The molecule has 2 aromatic carbocycles. The second-order valence-corrected chi connectivity index (χ2v) is 5.37. The molecule has 0 radical (unpaired) electrons. The minimum Gasteiger partial charge on any atom is -0.494 e. The highest BCUT2D eigenvalue weighted by Crippen LogP contribution is 2.21. The first kappa shape index (κ1) is 18.4. The molecule has 25 heavy (non-hydrogen) atoms. The van der Waals surface area contributed by atoms with Crippen molar-refractivity contribution in [1.29, 1.82) is 0 Å². The average Bonchev–Trinajstić information content (AvgIpc) is 2.60. The van der Waals surface area contributed by atoms with Crippen molar-refractivity contribution in [3.8, 4) is 5.75 Å². The van der Waals surface area contributed by atoms with Crippen molar-refractivity contribution in [2.24, 2.45) is 0 Å². The second kappa shape index (κ2) is 8.23. The summed E-state index contributed by atoms with van der Waals surface area (Å²) in [7, 11) is 1.37. The van der Waals surface area contributed by atoms with Crippen LogP contribution in [0.3, 0.4) is 0 Å². The molecule has 0 fully saturated rings. The summed E-state index contributed by atoms with van der Waals surface area (Å²) in [5.74, 6) is -1.77. The van der Waals surface area contributed by atoms with Gasteiger partial charge >= 0.3 is 0 Å². The van der Waals surface area contributed by atoms with Gasteiger partial charge in [-0.25, -0.2) is 8.78 Å². The van der Waals surface area contributed by atoms with E-state index in [4.69, 9.17) is 4.74 Å². The minimum absolute atomic E-state index is 0.119. The fraction of sp³-hybridized carbons (Fsp3) is 0.222. The van der Waals surface area contributed by atoms with Crippen molar-refractivity contribution >= 4 is 11.8 Å². The molecule has 0 aromatic heterocycles. The maximum absolute atomic E-state index is 13.7. The van der Waals surface area contributed by atoms with E-state index in [0.717, 1.165) is 12.1 Å². The molecular weight excluding hydrogens is 330 g/mol. The molecule has 0 aliphatic rings. The van der Waals surface area contributed by atoms with Crippen LogP contribution in [0, 0.1) is 11.6 Å². The minimum atomic E-state index is -0.522. The Morgan fingerprint density at radius 1 is 1.12 bits per heavy atom. The first-order chi connectivity index (χ1) is 11.9. The standard InChI is InChI=1S/C18H18F2N2O3/c1-11(13-5-8-16(25-2)15(20)9-13)22-17(23)10-21-18(24)12-3-6-14(19)7-4-12/h3-9,11H,10H2,1-2H3,(H,21,24)(H,22,23). The monoisotopic (exact) mass is 348 g/mol. The van der Waals surface area contributed by atoms with E-state index in [1.165, 1.54) is 31.4 Å². The summed E-state index contributed by atoms with van der Waals surface area (Å²) >= 11 is 0. The van der Waals surface area contributed by atoms with Gasteiger partial charge in [-0.1, -0.05) is 6.07 Å². The highest BCUT2D eigenvalue weighted by atomic mass is 19.1. The van der Waals surface area contributed by atoms with Crippen molar-refractivity contribution in [3.05, 3.63) is 65.2 Å². The molecule has 1 unspecified atom stereocenters. The van der Waals surface area contributed by atoms with E-state index in [1.807, 2.05) is 0 Å². The topological polar surface area (TPSA) is 67.4 Å². The number of benzene rings is 2. The van der Waals surface area contributed by atoms with E-state index in [0.29, 0.717) is 5.56 Å². The summed E-state index contributed by atoms with van der Waals surface area (Å²) in [6.45, 7) is 1.44. The van der Waals surface area contributed by atoms with E-state index >= 15 is 0 Å². The van der Waals surface area contributed by atoms with Crippen LogP contribution in [0.2, 0.25) is 0 Å². The number of rotatable bonds is 6. The summed E-state index contributed by atoms with van der Waals surface area (Å²) in [5, 5.41) is 5.09. The van der Waals surface area contributed by atoms with Gasteiger partial charge in [0, 0.05) is 5.56 Å². The van der Waals surface area contributed by atoms with Crippen LogP contribution in [-0.2, 0) is 4.79 Å². The molecule has 0 saturated heterocycles. The molecule has 0 heterocycles. The van der Waals surface area contributed by atoms with E-state index in [9.17, 15) is 18.4 Å². The van der Waals surface area contributed by atoms with Gasteiger partial charge in [-0.05, 0) is 48.9 Å². The number of carbonyl (C=O) groups excluding carboxylic acids is 2. The molecule has 2 N–H and O–H groups in total. The third-order valence-electron chi connectivity index (χ3n) is 3.57. The van der Waals surface area contributed by atoms with Crippen LogP contribution in [0.25, 0.3) is 0 Å². The van der Waals surface area contributed by atoms with Crippen molar-refractivity contribution in [1.82, 2.24) is 10.6 Å². The van der Waals surface area contributed by atoms with Crippen LogP contribution in [0.5, 0.6) is 5.75 Å². The lowest BCUT2D eigenvalue weighted by Crippen LogP contribution is -2.38. The molecule has 2 rings (SSSR count). The maximum atomic E-state index is 13.7. The summed E-state index contributed by atoms with van der Waals surface area (Å²) in [4.78, 5) is 23.8. The third kappa shape index (κ3) is 5.00. The molecule has 0 bridgehead atoms. The van der Waals surface area contributed by atoms with Crippen LogP contribution in [0.4, 0.5) is 8.78 Å². The summed E-state index contributed by atoms with van der Waals surface area (Å²) in [5.41, 5.74) is 0.816. The van der Waals surface area contributed by atoms with Crippen molar-refractivity contribution in [2.75, 3.05) is 13.7 Å². The SMILES string of the molecule is COc1ccc(C(C)NC(=O)CNC(=O)c2ccc(F)cc2)cc1F. The van der Waals surface area contributed by atoms with Crippen LogP contribution < -0.4 is 15.4 Å². The molecule has 5 nitrogen and oxygen atoms in total. The molecule has 0 aliphatic heterocycles. The lowest BCUT2D eigenvalue weighted by Gasteiger charge is -2.15. The van der Waals surface area contributed by atoms with Crippen molar-refractivity contribution in [2.45, 2.75) is 13.0 Å². The normalized spacial score (nSPS) is 11.5. The van der Waals surface area contributed by atoms with E-state index in [-0.39, 0.29) is 17.9 Å². The van der Waals surface area contributed by atoms with Gasteiger partial charge in [0.15, 0.2) is 11.6 Å². The predicted octanol–water partition coefficient (Wildman–Crippen LogP) is 2.58. The summed E-state index contributed by atoms with van der Waals surface area (Å²) in [6, 6.07) is 8.92. The number of hydrogen-bond donors (Lipinski definition) is 2. The van der Waals surface area contributed by atoms with E-state index < -0.39 is 29.5 Å². The van der Waals surface area contributed by atoms with Gasteiger partial charge in [0.2, 0.25) is 5.91 Å². The fourth-order valence-electron chi connectivity index (χ4n) is 2.19. The number of hydrogen-bond acceptors (Lipinski definition) is 3. The molecule has 2 amide bonds. The second-order valence-electron chi connectivity index (χ2n) is 5.37. The molecule has 1 atom stereocenters. The zero-order chi connectivity index (χ0) is 18.4. The fourth-order valence-corrected chi connectivity index (χ4v) is 2.19. The summed E-state index contributed by atoms with van der Waals surface area (Å²) in [6.07, 6.45) is 0. The maximum Gasteiger partial charge on any atom is 0.251 e. The van der Waals surface area contributed by atoms with Gasteiger partial charge in [0.05, 0.1) is 19.7 Å². The zero-order valence-corrected chi connectivity index (χ0v) is 13.8. The lowest BCUT2D eigenvalue weighted by atomic mass is 10.1. The van der Waals surface area contributed by atoms with Crippen LogP contribution in [-0.4, -0.2) is 25.5 Å². The van der Waals surface area contributed by atoms with Gasteiger partial charge in [-0.3, -0.25) is 9.59 Å². The Hall–Kier alpha value is -2.96. The van der Waals surface area contributed by atoms with Gasteiger partial charge in [0.1, 0.15) is 5.82 Å². The molecule has 0 spiro atoms. The number of ether oxygens (including phenoxy) is 1. The molecule has 0 aliphatic carbocycles. The number of halogens is 2. The first-order valence-corrected chi connectivity index (χ1v) is 7.57. The highest BCUT2D eigenvalue weighted by Gasteiger charge is 2.13. The van der Waals surface area contributed by atoms with Crippen molar-refractivity contribution in [3.63, 3.8) is 0 Å². The van der Waals surface area contributed by atoms with Crippen LogP contribution in [0.1, 0.15) is 28.9 Å². The predicted molar refractivity (Wildman–Crippen MR) is 88.2 cm³/mol. The van der Waals surface area contributed by atoms with Crippen LogP contribution >= 0.6 is 0 Å². The van der Waals surface area contributed by atoms with Crippen LogP contribution in [0.15, 0.2) is 42.5 Å². The Morgan fingerprint density at radius 3 is 2.40 bits per heavy atom. The quantitative estimate of drug-likeness (QED) is 0.843. The smallest absolute Gasteiger partial charge is 0.251 e. The van der Waals surface area contributed by atoms with Gasteiger partial charge < -0.3 is 15.4 Å². The van der Waals surface area contributed by atoms with E-state index in [1.54, 1.807) is 13.0 Å². The van der Waals surface area contributed by atoms with Gasteiger partial charge in [0.25, 0.3) is 5.91 Å². The summed E-state index contributed by atoms with van der Waals surface area (Å²) < 4.78 is 31.4. The molecule has 132 valence electrons. The van der Waals surface area contributed by atoms with Gasteiger partial charge in [-0.15, -0.1) is 0 Å². The first-order valence-electron chi connectivity index (χ1n) is 7.57. The third-order valence-corrected chi connectivity index (χ3v) is 3.57. The Kier molecular flexibility index (Phi) is 6.05. The van der Waals surface area contributed by atoms with Crippen molar-refractivity contribution < 1.29 is 23.1 Å². The highest BCUT2D eigenvalue weighted by molar-refractivity contribution is 5.96. The Labute approximate surface area is 144 Å². The zero-order valence-electron chi connectivity index (χ0n) is 13.8. The molecule has 0 saturated carbocycles. The molecular formula is C18H18F2N2O3. The number of carbonyl (C=O) groups is 2. The number of nitrogens with one attached hydrogen (secondary N) is 2. The molecule has 7 heteroatoms. The van der Waals surface area contributed by atoms with E-state index in [2.05, 4.69) is 10.6 Å². The van der Waals surface area contributed by atoms with Gasteiger partial charge in [-0.2, -0.15) is 0 Å². The largest absolute Gasteiger partial charge is 0.494 e. The average molecular weight is 348 g/mol. The lowest BCUT2D eigenvalue weighted by molar-refractivity contribution is -0.120. The Bertz CT molecular complexity index is 763. The number of amides is 2. The number of methoxy groups -OCH3 is 1. The molecule has 2 aromatic rings. The Morgan fingerprint density at radius 2 is 1.80 bits per heavy atom.